The maximum atomic E-state index is 3.74. The molecule has 1 N–H and O–H groups in total. The van der Waals surface area contributed by atoms with Crippen LogP contribution in [0.3, 0.4) is 0 Å². The molecule has 0 aromatic carbocycles. The second-order valence-corrected chi connectivity index (χ2v) is 7.63. The number of likely N-dealkylation sites (tertiary alicyclic amines) is 1. The Morgan fingerprint density at radius 1 is 1.11 bits per heavy atom. The zero-order valence-electron chi connectivity index (χ0n) is 14.2. The number of rotatable bonds is 6. The van der Waals surface area contributed by atoms with Crippen molar-refractivity contribution < 1.29 is 0 Å². The van der Waals surface area contributed by atoms with Crippen LogP contribution in [0.2, 0.25) is 0 Å². The summed E-state index contributed by atoms with van der Waals surface area (Å²) >= 11 is 0. The standard InChI is InChI=1S/C17H36N2/c1-7-17(8-2,13-18-16(4,5)6)14-19-12-10-9-11-15(19)3/h15,18H,7-14H2,1-6H3. The molecule has 0 bridgehead atoms. The monoisotopic (exact) mass is 268 g/mol. The number of hydrogen-bond donors (Lipinski definition) is 1. The summed E-state index contributed by atoms with van der Waals surface area (Å²) in [6, 6.07) is 0.779. The van der Waals surface area contributed by atoms with Gasteiger partial charge in [0.15, 0.2) is 0 Å². The number of hydrogen-bond acceptors (Lipinski definition) is 2. The van der Waals surface area contributed by atoms with Crippen LogP contribution in [-0.4, -0.2) is 36.1 Å². The van der Waals surface area contributed by atoms with Gasteiger partial charge in [-0.05, 0) is 65.3 Å². The molecule has 114 valence electrons. The van der Waals surface area contributed by atoms with Crippen LogP contribution >= 0.6 is 0 Å². The topological polar surface area (TPSA) is 15.3 Å². The fourth-order valence-corrected chi connectivity index (χ4v) is 3.06. The van der Waals surface area contributed by atoms with E-state index in [-0.39, 0.29) is 5.54 Å². The normalized spacial score (nSPS) is 22.7. The van der Waals surface area contributed by atoms with Crippen LogP contribution in [0.15, 0.2) is 0 Å². The van der Waals surface area contributed by atoms with Crippen molar-refractivity contribution in [3.8, 4) is 0 Å². The van der Waals surface area contributed by atoms with Gasteiger partial charge >= 0.3 is 0 Å². The van der Waals surface area contributed by atoms with Crippen molar-refractivity contribution in [2.45, 2.75) is 85.2 Å². The highest BCUT2D eigenvalue weighted by molar-refractivity contribution is 4.88. The van der Waals surface area contributed by atoms with Crippen LogP contribution in [-0.2, 0) is 0 Å². The predicted molar refractivity (Wildman–Crippen MR) is 85.7 cm³/mol. The highest BCUT2D eigenvalue weighted by Crippen LogP contribution is 2.30. The first-order valence-corrected chi connectivity index (χ1v) is 8.31. The Morgan fingerprint density at radius 2 is 1.74 bits per heavy atom. The molecule has 0 spiro atoms. The van der Waals surface area contributed by atoms with Crippen LogP contribution in [0.4, 0.5) is 0 Å². The lowest BCUT2D eigenvalue weighted by molar-refractivity contribution is 0.0762. The van der Waals surface area contributed by atoms with Gasteiger partial charge in [-0.15, -0.1) is 0 Å². The van der Waals surface area contributed by atoms with Crippen molar-refractivity contribution in [2.24, 2.45) is 5.41 Å². The Bertz CT molecular complexity index is 250. The summed E-state index contributed by atoms with van der Waals surface area (Å²) in [4.78, 5) is 2.74. The first-order valence-electron chi connectivity index (χ1n) is 8.31. The van der Waals surface area contributed by atoms with Crippen LogP contribution in [0, 0.1) is 5.41 Å². The lowest BCUT2D eigenvalue weighted by atomic mass is 9.80. The molecule has 1 aliphatic heterocycles. The Hall–Kier alpha value is -0.0800. The van der Waals surface area contributed by atoms with E-state index in [1.807, 2.05) is 0 Å². The van der Waals surface area contributed by atoms with Crippen LogP contribution < -0.4 is 5.32 Å². The second kappa shape index (κ2) is 7.08. The van der Waals surface area contributed by atoms with Gasteiger partial charge < -0.3 is 10.2 Å². The molecule has 1 fully saturated rings. The number of piperidine rings is 1. The third-order valence-corrected chi connectivity index (χ3v) is 4.97. The largest absolute Gasteiger partial charge is 0.311 e. The van der Waals surface area contributed by atoms with E-state index >= 15 is 0 Å². The molecular weight excluding hydrogens is 232 g/mol. The lowest BCUT2D eigenvalue weighted by Crippen LogP contribution is -2.51. The first-order chi connectivity index (χ1) is 8.82. The molecular formula is C17H36N2. The fourth-order valence-electron chi connectivity index (χ4n) is 3.06. The fraction of sp³-hybridized carbons (Fsp3) is 1.00. The van der Waals surface area contributed by atoms with Crippen molar-refractivity contribution in [1.29, 1.82) is 0 Å². The van der Waals surface area contributed by atoms with E-state index in [1.165, 1.54) is 45.2 Å². The predicted octanol–water partition coefficient (Wildman–Crippen LogP) is 4.06. The van der Waals surface area contributed by atoms with Crippen molar-refractivity contribution in [1.82, 2.24) is 10.2 Å². The van der Waals surface area contributed by atoms with Crippen molar-refractivity contribution in [2.75, 3.05) is 19.6 Å². The minimum Gasteiger partial charge on any atom is -0.311 e. The third-order valence-electron chi connectivity index (χ3n) is 4.97. The van der Waals surface area contributed by atoms with Gasteiger partial charge in [0.2, 0.25) is 0 Å². The van der Waals surface area contributed by atoms with E-state index in [1.54, 1.807) is 0 Å². The van der Waals surface area contributed by atoms with E-state index in [9.17, 15) is 0 Å². The summed E-state index contributed by atoms with van der Waals surface area (Å²) in [6.07, 6.45) is 6.74. The first kappa shape index (κ1) is 17.0. The molecule has 0 aromatic rings. The summed E-state index contributed by atoms with van der Waals surface area (Å²) in [5, 5.41) is 3.74. The minimum atomic E-state index is 0.225. The summed E-state index contributed by atoms with van der Waals surface area (Å²) in [6.45, 7) is 17.7. The molecule has 1 unspecified atom stereocenters. The molecule has 1 rings (SSSR count). The second-order valence-electron chi connectivity index (χ2n) is 7.63. The SMILES string of the molecule is CCC(CC)(CNC(C)(C)C)CN1CCCCC1C. The molecule has 1 saturated heterocycles. The van der Waals surface area contributed by atoms with Crippen molar-refractivity contribution >= 4 is 0 Å². The van der Waals surface area contributed by atoms with Gasteiger partial charge in [-0.1, -0.05) is 20.3 Å². The van der Waals surface area contributed by atoms with E-state index in [4.69, 9.17) is 0 Å². The molecule has 0 saturated carbocycles. The lowest BCUT2D eigenvalue weighted by Gasteiger charge is -2.43. The quantitative estimate of drug-likeness (QED) is 0.781. The Balaban J connectivity index is 2.64. The van der Waals surface area contributed by atoms with E-state index in [0.717, 1.165) is 12.6 Å². The summed E-state index contributed by atoms with van der Waals surface area (Å²) in [5.74, 6) is 0. The summed E-state index contributed by atoms with van der Waals surface area (Å²) < 4.78 is 0. The molecule has 0 aromatic heterocycles. The van der Waals surface area contributed by atoms with Gasteiger partial charge in [-0.25, -0.2) is 0 Å². The van der Waals surface area contributed by atoms with E-state index in [2.05, 4.69) is 51.8 Å². The average Bonchev–Trinajstić information content (AvgIpc) is 2.36. The summed E-state index contributed by atoms with van der Waals surface area (Å²) in [5.41, 5.74) is 0.669. The number of nitrogens with zero attached hydrogens (tertiary/aromatic N) is 1. The van der Waals surface area contributed by atoms with Gasteiger partial charge in [0.25, 0.3) is 0 Å². The van der Waals surface area contributed by atoms with Gasteiger partial charge in [0.05, 0.1) is 0 Å². The van der Waals surface area contributed by atoms with E-state index in [0.29, 0.717) is 5.41 Å². The van der Waals surface area contributed by atoms with E-state index < -0.39 is 0 Å². The molecule has 1 atom stereocenters. The third kappa shape index (κ3) is 5.43. The maximum Gasteiger partial charge on any atom is 0.00967 e. The van der Waals surface area contributed by atoms with Gasteiger partial charge in [0.1, 0.15) is 0 Å². The zero-order valence-corrected chi connectivity index (χ0v) is 14.2. The van der Waals surface area contributed by atoms with Gasteiger partial charge in [-0.2, -0.15) is 0 Å². The molecule has 0 amide bonds. The Kier molecular flexibility index (Phi) is 6.32. The van der Waals surface area contributed by atoms with Gasteiger partial charge in [-0.3, -0.25) is 0 Å². The van der Waals surface area contributed by atoms with Crippen molar-refractivity contribution in [3.63, 3.8) is 0 Å². The molecule has 2 heteroatoms. The molecule has 1 aliphatic rings. The molecule has 0 radical (unpaired) electrons. The molecule has 19 heavy (non-hydrogen) atoms. The average molecular weight is 268 g/mol. The van der Waals surface area contributed by atoms with Gasteiger partial charge in [0, 0.05) is 24.7 Å². The highest BCUT2D eigenvalue weighted by atomic mass is 15.2. The van der Waals surface area contributed by atoms with Crippen LogP contribution in [0.1, 0.15) is 73.6 Å². The minimum absolute atomic E-state index is 0.225. The number of nitrogens with one attached hydrogen (secondary N) is 1. The highest BCUT2D eigenvalue weighted by Gasteiger charge is 2.32. The molecule has 0 aliphatic carbocycles. The molecule has 2 nitrogen and oxygen atoms in total. The Labute approximate surface area is 121 Å². The Morgan fingerprint density at radius 3 is 2.21 bits per heavy atom. The maximum absolute atomic E-state index is 3.74. The molecule has 1 heterocycles. The smallest absolute Gasteiger partial charge is 0.00967 e. The summed E-state index contributed by atoms with van der Waals surface area (Å²) in [7, 11) is 0. The van der Waals surface area contributed by atoms with Crippen molar-refractivity contribution in [3.05, 3.63) is 0 Å². The van der Waals surface area contributed by atoms with Crippen LogP contribution in [0.25, 0.3) is 0 Å². The van der Waals surface area contributed by atoms with Crippen LogP contribution in [0.5, 0.6) is 0 Å². The zero-order chi connectivity index (χ0) is 14.5.